The Bertz CT molecular complexity index is 1110. The fourth-order valence-electron chi connectivity index (χ4n) is 3.18. The second-order valence-electron chi connectivity index (χ2n) is 6.98. The molecule has 2 aromatic rings. The number of amides is 2. The van der Waals surface area contributed by atoms with Crippen molar-refractivity contribution < 1.29 is 36.6 Å². The lowest BCUT2D eigenvalue weighted by Crippen LogP contribution is -2.47. The first-order chi connectivity index (χ1) is 15.8. The summed E-state index contributed by atoms with van der Waals surface area (Å²) in [7, 11) is -1.14. The highest BCUT2D eigenvalue weighted by atomic mass is 32.2. The topological polar surface area (TPSA) is 123 Å². The van der Waals surface area contributed by atoms with Crippen molar-refractivity contribution in [2.75, 3.05) is 33.9 Å². The minimum atomic E-state index is -3.97. The van der Waals surface area contributed by atoms with Gasteiger partial charge in [0.05, 0.1) is 32.3 Å². The van der Waals surface area contributed by atoms with Gasteiger partial charge in [-0.05, 0) is 29.8 Å². The van der Waals surface area contributed by atoms with Crippen LogP contribution in [0.4, 0.5) is 4.39 Å². The molecule has 1 heterocycles. The van der Waals surface area contributed by atoms with Crippen LogP contribution in [0.5, 0.6) is 11.5 Å². The number of sulfonamides is 1. The molecule has 2 aromatic carbocycles. The first-order valence-electron chi connectivity index (χ1n) is 9.92. The molecule has 0 unspecified atom stereocenters. The van der Waals surface area contributed by atoms with Crippen molar-refractivity contribution in [3.63, 3.8) is 0 Å². The third kappa shape index (κ3) is 5.78. The van der Waals surface area contributed by atoms with Gasteiger partial charge in [0.25, 0.3) is 0 Å². The first kappa shape index (κ1) is 24.4. The maximum Gasteiger partial charge on any atom is 0.309 e. The van der Waals surface area contributed by atoms with Crippen LogP contribution < -0.4 is 20.1 Å². The molecule has 178 valence electrons. The van der Waals surface area contributed by atoms with Gasteiger partial charge in [-0.25, -0.2) is 12.8 Å². The Morgan fingerprint density at radius 3 is 2.39 bits per heavy atom. The van der Waals surface area contributed by atoms with Gasteiger partial charge in [0.1, 0.15) is 12.0 Å². The van der Waals surface area contributed by atoms with Gasteiger partial charge in [-0.3, -0.25) is 9.59 Å². The second kappa shape index (κ2) is 10.6. The predicted octanol–water partition coefficient (Wildman–Crippen LogP) is 0.623. The monoisotopic (exact) mass is 481 g/mol. The summed E-state index contributed by atoms with van der Waals surface area (Å²) in [4.78, 5) is 24.1. The number of methoxy groups -OCH3 is 2. The van der Waals surface area contributed by atoms with Gasteiger partial charge in [-0.1, -0.05) is 12.1 Å². The molecule has 0 aromatic heterocycles. The van der Waals surface area contributed by atoms with E-state index in [2.05, 4.69) is 10.6 Å². The van der Waals surface area contributed by atoms with Crippen molar-refractivity contribution in [3.05, 3.63) is 53.8 Å². The van der Waals surface area contributed by atoms with Gasteiger partial charge in [-0.15, -0.1) is 0 Å². The van der Waals surface area contributed by atoms with Gasteiger partial charge in [-0.2, -0.15) is 4.31 Å². The SMILES string of the molecule is COc1ccc(S(=O)(=O)N2CCO[C@@H]2CNC(=O)C(=O)NCc2ccc(F)cc2)cc1OC. The number of carbonyl (C=O) groups excluding carboxylic acids is 2. The van der Waals surface area contributed by atoms with E-state index in [0.717, 1.165) is 4.31 Å². The van der Waals surface area contributed by atoms with E-state index in [-0.39, 0.29) is 36.9 Å². The quantitative estimate of drug-likeness (QED) is 0.530. The zero-order chi connectivity index (χ0) is 24.0. The second-order valence-corrected chi connectivity index (χ2v) is 8.87. The van der Waals surface area contributed by atoms with E-state index in [0.29, 0.717) is 11.3 Å². The summed E-state index contributed by atoms with van der Waals surface area (Å²) in [5.74, 6) is -1.64. The van der Waals surface area contributed by atoms with E-state index in [1.807, 2.05) is 0 Å². The molecule has 2 N–H and O–H groups in total. The number of nitrogens with zero attached hydrogens (tertiary/aromatic N) is 1. The third-order valence-corrected chi connectivity index (χ3v) is 6.80. The van der Waals surface area contributed by atoms with Crippen LogP contribution in [0.25, 0.3) is 0 Å². The molecular formula is C21H24FN3O7S. The Morgan fingerprint density at radius 2 is 1.73 bits per heavy atom. The molecule has 2 amide bonds. The van der Waals surface area contributed by atoms with E-state index < -0.39 is 33.9 Å². The summed E-state index contributed by atoms with van der Waals surface area (Å²) in [6.45, 7) is 0.0133. The van der Waals surface area contributed by atoms with Gasteiger partial charge in [0.15, 0.2) is 11.5 Å². The van der Waals surface area contributed by atoms with Crippen LogP contribution in [0, 0.1) is 5.82 Å². The molecule has 0 saturated carbocycles. The summed E-state index contributed by atoms with van der Waals surface area (Å²) < 4.78 is 56.0. The molecule has 0 bridgehead atoms. The summed E-state index contributed by atoms with van der Waals surface area (Å²) in [6, 6.07) is 9.65. The van der Waals surface area contributed by atoms with Crippen LogP contribution in [0.15, 0.2) is 47.4 Å². The Labute approximate surface area is 190 Å². The van der Waals surface area contributed by atoms with E-state index in [1.165, 1.54) is 56.7 Å². The van der Waals surface area contributed by atoms with Crippen LogP contribution >= 0.6 is 0 Å². The molecule has 1 atom stereocenters. The third-order valence-electron chi connectivity index (χ3n) is 4.91. The molecule has 33 heavy (non-hydrogen) atoms. The molecule has 1 saturated heterocycles. The molecule has 12 heteroatoms. The van der Waals surface area contributed by atoms with Crippen LogP contribution in [0.1, 0.15) is 5.56 Å². The van der Waals surface area contributed by atoms with Gasteiger partial charge >= 0.3 is 11.8 Å². The number of hydrogen-bond donors (Lipinski definition) is 2. The minimum Gasteiger partial charge on any atom is -0.493 e. The van der Waals surface area contributed by atoms with Gasteiger partial charge in [0, 0.05) is 19.2 Å². The molecule has 3 rings (SSSR count). The van der Waals surface area contributed by atoms with Crippen molar-refractivity contribution >= 4 is 21.8 Å². The average molecular weight is 482 g/mol. The molecule has 1 aliphatic heterocycles. The van der Waals surface area contributed by atoms with Crippen molar-refractivity contribution in [1.82, 2.24) is 14.9 Å². The number of rotatable bonds is 8. The van der Waals surface area contributed by atoms with Crippen molar-refractivity contribution in [2.24, 2.45) is 0 Å². The largest absolute Gasteiger partial charge is 0.493 e. The van der Waals surface area contributed by atoms with Crippen LogP contribution in [0.2, 0.25) is 0 Å². The summed E-state index contributed by atoms with van der Waals surface area (Å²) in [6.07, 6.45) is -0.989. The van der Waals surface area contributed by atoms with Crippen LogP contribution in [0.3, 0.4) is 0 Å². The Hall–Kier alpha value is -3.22. The number of nitrogens with one attached hydrogen (secondary N) is 2. The number of carbonyl (C=O) groups is 2. The summed E-state index contributed by atoms with van der Waals surface area (Å²) >= 11 is 0. The first-order valence-corrected chi connectivity index (χ1v) is 11.4. The predicted molar refractivity (Wildman–Crippen MR) is 114 cm³/mol. The molecular weight excluding hydrogens is 457 g/mol. The van der Waals surface area contributed by atoms with Gasteiger partial charge < -0.3 is 24.8 Å². The lowest BCUT2D eigenvalue weighted by molar-refractivity contribution is -0.139. The molecule has 0 spiro atoms. The molecule has 1 aliphatic rings. The van der Waals surface area contributed by atoms with E-state index in [9.17, 15) is 22.4 Å². The zero-order valence-corrected chi connectivity index (χ0v) is 18.9. The van der Waals surface area contributed by atoms with Crippen molar-refractivity contribution in [1.29, 1.82) is 0 Å². The van der Waals surface area contributed by atoms with Crippen molar-refractivity contribution in [3.8, 4) is 11.5 Å². The highest BCUT2D eigenvalue weighted by Crippen LogP contribution is 2.31. The molecule has 10 nitrogen and oxygen atoms in total. The highest BCUT2D eigenvalue weighted by Gasteiger charge is 2.37. The Kier molecular flexibility index (Phi) is 7.84. The van der Waals surface area contributed by atoms with Crippen LogP contribution in [-0.2, 0) is 30.9 Å². The average Bonchev–Trinajstić information content (AvgIpc) is 3.31. The summed E-state index contributed by atoms with van der Waals surface area (Å²) in [5.41, 5.74) is 0.615. The lowest BCUT2D eigenvalue weighted by Gasteiger charge is -2.23. The van der Waals surface area contributed by atoms with Gasteiger partial charge in [0.2, 0.25) is 10.0 Å². The lowest BCUT2D eigenvalue weighted by atomic mass is 10.2. The summed E-state index contributed by atoms with van der Waals surface area (Å²) in [5, 5.41) is 4.79. The Morgan fingerprint density at radius 1 is 1.06 bits per heavy atom. The smallest absolute Gasteiger partial charge is 0.309 e. The number of hydrogen-bond acceptors (Lipinski definition) is 7. The fourth-order valence-corrected chi connectivity index (χ4v) is 4.71. The van der Waals surface area contributed by atoms with E-state index >= 15 is 0 Å². The highest BCUT2D eigenvalue weighted by molar-refractivity contribution is 7.89. The zero-order valence-electron chi connectivity index (χ0n) is 18.0. The molecule has 0 radical (unpaired) electrons. The van der Waals surface area contributed by atoms with E-state index in [4.69, 9.17) is 14.2 Å². The molecule has 1 fully saturated rings. The van der Waals surface area contributed by atoms with Crippen molar-refractivity contribution in [2.45, 2.75) is 17.7 Å². The standard InChI is InChI=1S/C21H24FN3O7S/c1-30-17-8-7-16(11-18(17)31-2)33(28,29)25-9-10-32-19(25)13-24-21(27)20(26)23-12-14-3-5-15(22)6-4-14/h3-8,11,19H,9-10,12-13H2,1-2H3,(H,23,26)(H,24,27)/t19-/m1/s1. The van der Waals surface area contributed by atoms with Crippen LogP contribution in [-0.4, -0.2) is 64.7 Å². The molecule has 0 aliphatic carbocycles. The normalized spacial score (nSPS) is 16.3. The Balaban J connectivity index is 1.60. The van der Waals surface area contributed by atoms with E-state index in [1.54, 1.807) is 0 Å². The fraction of sp³-hybridized carbons (Fsp3) is 0.333. The number of benzene rings is 2. The number of halogens is 1. The maximum atomic E-state index is 13.1. The maximum absolute atomic E-state index is 13.1. The number of ether oxygens (including phenoxy) is 3. The minimum absolute atomic E-state index is 0.0287.